The van der Waals surface area contributed by atoms with E-state index in [-0.39, 0.29) is 12.5 Å². The Morgan fingerprint density at radius 1 is 1.00 bits per heavy atom. The van der Waals surface area contributed by atoms with Gasteiger partial charge in [0, 0.05) is 43.4 Å². The maximum absolute atomic E-state index is 12.9. The highest BCUT2D eigenvalue weighted by Gasteiger charge is 2.25. The molecule has 220 valence electrons. The summed E-state index contributed by atoms with van der Waals surface area (Å²) in [6.45, 7) is 6.72. The van der Waals surface area contributed by atoms with Gasteiger partial charge in [-0.1, -0.05) is 0 Å². The maximum Gasteiger partial charge on any atom is 0.248 e. The van der Waals surface area contributed by atoms with E-state index in [4.69, 9.17) is 22.2 Å². The van der Waals surface area contributed by atoms with Gasteiger partial charge in [0.1, 0.15) is 5.82 Å². The van der Waals surface area contributed by atoms with Crippen molar-refractivity contribution in [3.05, 3.63) is 59.3 Å². The number of aryl methyl sites for hydroxylation is 2. The summed E-state index contributed by atoms with van der Waals surface area (Å²) in [4.78, 5) is 42.8. The van der Waals surface area contributed by atoms with Crippen LogP contribution in [0.25, 0.3) is 11.0 Å². The molecule has 42 heavy (non-hydrogen) atoms. The van der Waals surface area contributed by atoms with Crippen molar-refractivity contribution in [2.45, 2.75) is 39.8 Å². The Bertz CT molecular complexity index is 1650. The van der Waals surface area contributed by atoms with Crippen LogP contribution in [0.4, 0.5) is 23.1 Å². The number of aromatic nitrogens is 4. The van der Waals surface area contributed by atoms with E-state index >= 15 is 0 Å². The number of anilines is 4. The minimum absolute atomic E-state index is 0.0237. The predicted molar refractivity (Wildman–Crippen MR) is 161 cm³/mol. The van der Waals surface area contributed by atoms with E-state index in [1.165, 1.54) is 6.07 Å². The molecular formula is C29H36N10O3. The summed E-state index contributed by atoms with van der Waals surface area (Å²) < 4.78 is 4.01. The number of nitrogens with zero attached hydrogens (tertiary/aromatic N) is 5. The molecule has 1 aliphatic heterocycles. The molecule has 13 nitrogen and oxygen atoms in total. The Labute approximate surface area is 243 Å². The van der Waals surface area contributed by atoms with Crippen molar-refractivity contribution in [2.24, 2.45) is 17.4 Å². The first kappa shape index (κ1) is 28.5. The van der Waals surface area contributed by atoms with Crippen LogP contribution < -0.4 is 27.8 Å². The lowest BCUT2D eigenvalue weighted by Gasteiger charge is -2.32. The van der Waals surface area contributed by atoms with E-state index in [1.54, 1.807) is 24.3 Å². The number of carbonyl (C=O) groups is 3. The number of imidazole rings is 1. The first-order chi connectivity index (χ1) is 20.1. The second-order valence-electron chi connectivity index (χ2n) is 10.6. The van der Waals surface area contributed by atoms with Gasteiger partial charge in [0.15, 0.2) is 0 Å². The van der Waals surface area contributed by atoms with Gasteiger partial charge in [-0.15, -0.1) is 0 Å². The number of carbonyl (C=O) groups excluding carboxylic acids is 3. The van der Waals surface area contributed by atoms with Gasteiger partial charge in [-0.25, -0.2) is 9.67 Å². The molecule has 5 rings (SSSR count). The molecule has 0 aliphatic carbocycles. The first-order valence-electron chi connectivity index (χ1n) is 14.0. The molecular weight excluding hydrogens is 536 g/mol. The van der Waals surface area contributed by atoms with Gasteiger partial charge >= 0.3 is 0 Å². The van der Waals surface area contributed by atoms with Crippen LogP contribution in [0.15, 0.2) is 42.5 Å². The average Bonchev–Trinajstić information content (AvgIpc) is 3.50. The fourth-order valence-electron chi connectivity index (χ4n) is 5.35. The van der Waals surface area contributed by atoms with Gasteiger partial charge < -0.3 is 37.3 Å². The predicted octanol–water partition coefficient (Wildman–Crippen LogP) is 2.44. The Hall–Kier alpha value is -5.07. The summed E-state index contributed by atoms with van der Waals surface area (Å²) in [5, 5.41) is 11.0. The topological polar surface area (TPSA) is 192 Å². The third-order valence-corrected chi connectivity index (χ3v) is 7.65. The van der Waals surface area contributed by atoms with Crippen LogP contribution >= 0.6 is 0 Å². The minimum Gasteiger partial charge on any atom is -0.397 e. The van der Waals surface area contributed by atoms with Crippen LogP contribution in [0.1, 0.15) is 46.2 Å². The summed E-state index contributed by atoms with van der Waals surface area (Å²) in [5.41, 5.74) is 20.9. The Balaban J connectivity index is 1.26. The number of hydrogen-bond acceptors (Lipinski definition) is 8. The van der Waals surface area contributed by atoms with Crippen molar-refractivity contribution in [2.75, 3.05) is 36.0 Å². The Morgan fingerprint density at radius 3 is 2.36 bits per heavy atom. The zero-order chi connectivity index (χ0) is 30.0. The lowest BCUT2D eigenvalue weighted by Crippen LogP contribution is -2.42. The lowest BCUT2D eigenvalue weighted by molar-refractivity contribution is -0.130. The van der Waals surface area contributed by atoms with Gasteiger partial charge in [0.05, 0.1) is 34.6 Å². The summed E-state index contributed by atoms with van der Waals surface area (Å²) in [6.07, 6.45) is 1.65. The number of primary amides is 2. The highest BCUT2D eigenvalue weighted by Crippen LogP contribution is 2.29. The molecule has 3 amide bonds. The molecule has 2 aromatic carbocycles. The smallest absolute Gasteiger partial charge is 0.248 e. The van der Waals surface area contributed by atoms with E-state index in [0.717, 1.165) is 29.9 Å². The van der Waals surface area contributed by atoms with Crippen LogP contribution in [-0.2, 0) is 17.9 Å². The van der Waals surface area contributed by atoms with Crippen molar-refractivity contribution in [1.29, 1.82) is 0 Å². The third kappa shape index (κ3) is 5.99. The van der Waals surface area contributed by atoms with E-state index in [9.17, 15) is 14.4 Å². The molecule has 1 fully saturated rings. The van der Waals surface area contributed by atoms with E-state index < -0.39 is 11.8 Å². The fraction of sp³-hybridized carbons (Fsp3) is 0.345. The number of benzene rings is 2. The number of nitrogens with two attached hydrogens (primary N) is 3. The van der Waals surface area contributed by atoms with Crippen LogP contribution in [-0.4, -0.2) is 61.6 Å². The molecule has 1 aliphatic rings. The van der Waals surface area contributed by atoms with Gasteiger partial charge in [-0.05, 0) is 69.0 Å². The molecule has 3 heterocycles. The fourth-order valence-corrected chi connectivity index (χ4v) is 5.35. The highest BCUT2D eigenvalue weighted by atomic mass is 16.2. The van der Waals surface area contributed by atoms with E-state index in [0.29, 0.717) is 66.1 Å². The third-order valence-electron chi connectivity index (χ3n) is 7.65. The number of fused-ring (bicyclic) bond motifs is 1. The van der Waals surface area contributed by atoms with Crippen LogP contribution in [0, 0.1) is 12.8 Å². The largest absolute Gasteiger partial charge is 0.397 e. The summed E-state index contributed by atoms with van der Waals surface area (Å²) in [6, 6.07) is 12.0. The molecule has 0 spiro atoms. The summed E-state index contributed by atoms with van der Waals surface area (Å²) >= 11 is 0. The molecule has 0 bridgehead atoms. The van der Waals surface area contributed by atoms with E-state index in [2.05, 4.69) is 20.3 Å². The Morgan fingerprint density at radius 2 is 1.69 bits per heavy atom. The number of nitrogens with one attached hydrogen (secondary N) is 2. The molecule has 0 unspecified atom stereocenters. The SMILES string of the molecule is CCn1nc(C)cc1Nc1nc2cc(C(N)=O)ccc2n1CC1CCN(C(=O)CNc2ccc(C(N)=O)cc2N)CC1. The van der Waals surface area contributed by atoms with Crippen molar-refractivity contribution in [3.63, 3.8) is 0 Å². The van der Waals surface area contributed by atoms with Crippen LogP contribution in [0.5, 0.6) is 0 Å². The standard InChI is InChI=1S/C29H36N10O3/c1-3-39-25(12-17(2)36-39)35-29-34-23-14-20(28(32)42)5-7-24(23)38(29)16-18-8-10-37(11-9-18)26(40)15-33-22-6-4-19(27(31)41)13-21(22)30/h4-7,12-14,18,33H,3,8-11,15-16,30H2,1-2H3,(H2,31,41)(H2,32,42)(H,34,35). The quantitative estimate of drug-likeness (QED) is 0.179. The van der Waals surface area contributed by atoms with Crippen molar-refractivity contribution >= 4 is 51.9 Å². The number of amides is 3. The molecule has 4 aromatic rings. The van der Waals surface area contributed by atoms with Gasteiger partial charge in [-0.2, -0.15) is 5.10 Å². The summed E-state index contributed by atoms with van der Waals surface area (Å²) in [7, 11) is 0. The molecule has 2 aromatic heterocycles. The second kappa shape index (κ2) is 11.8. The number of nitrogen functional groups attached to an aromatic ring is 1. The molecule has 8 N–H and O–H groups in total. The molecule has 0 radical (unpaired) electrons. The van der Waals surface area contributed by atoms with Crippen molar-refractivity contribution in [3.8, 4) is 0 Å². The highest BCUT2D eigenvalue weighted by molar-refractivity contribution is 5.97. The van der Waals surface area contributed by atoms with Crippen LogP contribution in [0.2, 0.25) is 0 Å². The Kier molecular flexibility index (Phi) is 8.00. The minimum atomic E-state index is -0.558. The van der Waals surface area contributed by atoms with E-state index in [1.807, 2.05) is 35.6 Å². The first-order valence-corrected chi connectivity index (χ1v) is 14.0. The number of rotatable bonds is 10. The zero-order valence-corrected chi connectivity index (χ0v) is 23.8. The normalized spacial score (nSPS) is 13.8. The van der Waals surface area contributed by atoms with Crippen molar-refractivity contribution in [1.82, 2.24) is 24.2 Å². The number of piperidine rings is 1. The number of hydrogen-bond donors (Lipinski definition) is 5. The van der Waals surface area contributed by atoms with Gasteiger partial charge in [0.2, 0.25) is 23.7 Å². The summed E-state index contributed by atoms with van der Waals surface area (Å²) in [5.74, 6) is 0.716. The van der Waals surface area contributed by atoms with Gasteiger partial charge in [-0.3, -0.25) is 14.4 Å². The molecule has 0 saturated carbocycles. The van der Waals surface area contributed by atoms with Crippen molar-refractivity contribution < 1.29 is 14.4 Å². The lowest BCUT2D eigenvalue weighted by atomic mass is 9.96. The maximum atomic E-state index is 12.9. The average molecular weight is 573 g/mol. The monoisotopic (exact) mass is 572 g/mol. The zero-order valence-electron chi connectivity index (χ0n) is 23.8. The molecule has 13 heteroatoms. The van der Waals surface area contributed by atoms with Crippen LogP contribution in [0.3, 0.4) is 0 Å². The number of likely N-dealkylation sites (tertiary alicyclic amines) is 1. The van der Waals surface area contributed by atoms with Gasteiger partial charge in [0.25, 0.3) is 0 Å². The molecule has 0 atom stereocenters. The molecule has 1 saturated heterocycles. The second-order valence-corrected chi connectivity index (χ2v) is 10.6.